The number of allylic oxidation sites excluding steroid dienone is 2. The molecule has 0 unspecified atom stereocenters. The van der Waals surface area contributed by atoms with Crippen LogP contribution in [0.3, 0.4) is 0 Å². The highest BCUT2D eigenvalue weighted by molar-refractivity contribution is 5.96. The van der Waals surface area contributed by atoms with Gasteiger partial charge in [0.15, 0.2) is 5.78 Å². The number of hydrogen-bond acceptors (Lipinski definition) is 5. The second-order valence-electron chi connectivity index (χ2n) is 15.2. The van der Waals surface area contributed by atoms with Crippen molar-refractivity contribution in [2.45, 2.75) is 112 Å². The lowest BCUT2D eigenvalue weighted by molar-refractivity contribution is -0.174. The molecule has 4 saturated carbocycles. The van der Waals surface area contributed by atoms with Crippen LogP contribution in [0, 0.1) is 44.8 Å². The van der Waals surface area contributed by atoms with Gasteiger partial charge in [0.25, 0.3) is 0 Å². The van der Waals surface area contributed by atoms with Gasteiger partial charge in [0.1, 0.15) is 12.1 Å². The third kappa shape index (κ3) is 2.82. The Morgan fingerprint density at radius 2 is 1.64 bits per heavy atom. The van der Waals surface area contributed by atoms with E-state index in [2.05, 4.69) is 70.1 Å². The molecule has 0 aromatic carbocycles. The minimum absolute atomic E-state index is 0.0258. The van der Waals surface area contributed by atoms with Crippen LogP contribution in [-0.4, -0.2) is 31.8 Å². The number of rotatable bonds is 1. The second-order valence-corrected chi connectivity index (χ2v) is 15.2. The molecule has 0 N–H and O–H groups in total. The topological polar surface area (TPSA) is 77.7 Å². The monoisotopic (exact) mass is 492 g/mol. The number of fused-ring (bicyclic) bond motifs is 7. The van der Waals surface area contributed by atoms with Crippen LogP contribution in [0.2, 0.25) is 0 Å². The maximum absolute atomic E-state index is 14.4. The molecule has 1 heterocycles. The molecule has 0 saturated heterocycles. The normalized spacial score (nSPS) is 47.2. The molecule has 6 nitrogen and oxygen atoms in total. The van der Waals surface area contributed by atoms with Gasteiger partial charge in [0.05, 0.1) is 5.54 Å². The van der Waals surface area contributed by atoms with E-state index in [0.717, 1.165) is 51.4 Å². The summed E-state index contributed by atoms with van der Waals surface area (Å²) in [5.41, 5.74) is 0.810. The minimum atomic E-state index is -0.328. The van der Waals surface area contributed by atoms with E-state index in [-0.39, 0.29) is 44.4 Å². The lowest BCUT2D eigenvalue weighted by Gasteiger charge is -2.69. The first-order chi connectivity index (χ1) is 16.7. The quantitative estimate of drug-likeness (QED) is 0.485. The smallest absolute Gasteiger partial charge is 0.159 e. The lowest BCUT2D eigenvalue weighted by Crippen LogP contribution is -2.66. The SMILES string of the molecule is CC1(C)CC[C@]2(n3cnnn3)CC[C@]3(C)[C@H](C(=O)C=C4[C@@]5(C)CCC(=O)C(C)(C)[C@@H]5CC[C@]43C)[C@@H]2C1. The van der Waals surface area contributed by atoms with Gasteiger partial charge in [-0.2, -0.15) is 0 Å². The third-order valence-corrected chi connectivity index (χ3v) is 12.9. The molecule has 0 bridgehead atoms. The zero-order valence-electron chi connectivity index (χ0n) is 23.4. The maximum Gasteiger partial charge on any atom is 0.159 e. The molecule has 6 rings (SSSR count). The molecular weight excluding hydrogens is 448 g/mol. The molecular formula is C30H44N4O2. The van der Waals surface area contributed by atoms with E-state index in [1.807, 2.05) is 4.68 Å². The molecule has 0 aliphatic heterocycles. The molecule has 0 amide bonds. The van der Waals surface area contributed by atoms with Gasteiger partial charge in [-0.05, 0) is 101 Å². The van der Waals surface area contributed by atoms with Crippen molar-refractivity contribution in [3.63, 3.8) is 0 Å². The van der Waals surface area contributed by atoms with E-state index in [0.29, 0.717) is 23.9 Å². The molecule has 7 atom stereocenters. The number of carbonyl (C=O) groups excluding carboxylic acids is 2. The molecule has 36 heavy (non-hydrogen) atoms. The Morgan fingerprint density at radius 3 is 2.33 bits per heavy atom. The van der Waals surface area contributed by atoms with Gasteiger partial charge in [-0.15, -0.1) is 5.10 Å². The van der Waals surface area contributed by atoms with Crippen LogP contribution in [0.1, 0.15) is 106 Å². The summed E-state index contributed by atoms with van der Waals surface area (Å²) in [4.78, 5) is 27.4. The fourth-order valence-electron chi connectivity index (χ4n) is 10.5. The first-order valence-corrected chi connectivity index (χ1v) is 14.2. The lowest BCUT2D eigenvalue weighted by atomic mass is 9.34. The zero-order valence-corrected chi connectivity index (χ0v) is 23.4. The van der Waals surface area contributed by atoms with Gasteiger partial charge in [-0.25, -0.2) is 4.68 Å². The van der Waals surface area contributed by atoms with Crippen LogP contribution < -0.4 is 0 Å². The Bertz CT molecular complexity index is 1150. The Balaban J connectivity index is 1.50. The minimum Gasteiger partial charge on any atom is -0.299 e. The van der Waals surface area contributed by atoms with Gasteiger partial charge in [-0.1, -0.05) is 54.0 Å². The summed E-state index contributed by atoms with van der Waals surface area (Å²) in [7, 11) is 0. The molecule has 0 spiro atoms. The van der Waals surface area contributed by atoms with Crippen molar-refractivity contribution in [1.29, 1.82) is 0 Å². The average molecular weight is 493 g/mol. The Hall–Kier alpha value is -1.85. The van der Waals surface area contributed by atoms with E-state index in [9.17, 15) is 9.59 Å². The number of nitrogens with zero attached hydrogens (tertiary/aromatic N) is 4. The highest BCUT2D eigenvalue weighted by Crippen LogP contribution is 2.74. The molecule has 0 radical (unpaired) electrons. The van der Waals surface area contributed by atoms with Gasteiger partial charge in [-0.3, -0.25) is 9.59 Å². The number of Topliss-reactive ketones (excluding diaryl/α,β-unsaturated/α-hetero) is 1. The van der Waals surface area contributed by atoms with Gasteiger partial charge < -0.3 is 0 Å². The summed E-state index contributed by atoms with van der Waals surface area (Å²) in [5.74, 6) is 1.22. The van der Waals surface area contributed by atoms with Crippen LogP contribution in [0.15, 0.2) is 18.0 Å². The molecule has 6 heteroatoms. The molecule has 1 aromatic rings. The van der Waals surface area contributed by atoms with E-state index in [4.69, 9.17) is 0 Å². The van der Waals surface area contributed by atoms with Crippen molar-refractivity contribution in [1.82, 2.24) is 20.2 Å². The van der Waals surface area contributed by atoms with Crippen molar-refractivity contribution in [3.05, 3.63) is 18.0 Å². The predicted molar refractivity (Wildman–Crippen MR) is 138 cm³/mol. The zero-order chi connectivity index (χ0) is 25.9. The second kappa shape index (κ2) is 7.17. The van der Waals surface area contributed by atoms with E-state index in [1.54, 1.807) is 6.33 Å². The highest BCUT2D eigenvalue weighted by atomic mass is 16.1. The summed E-state index contributed by atoms with van der Waals surface area (Å²) in [5, 5.41) is 12.5. The summed E-state index contributed by atoms with van der Waals surface area (Å²) in [6.45, 7) is 16.3. The molecule has 1 aromatic heterocycles. The first-order valence-electron chi connectivity index (χ1n) is 14.2. The van der Waals surface area contributed by atoms with Crippen molar-refractivity contribution in [2.75, 3.05) is 0 Å². The van der Waals surface area contributed by atoms with Crippen LogP contribution in [0.5, 0.6) is 0 Å². The number of carbonyl (C=O) groups is 2. The van der Waals surface area contributed by atoms with Crippen molar-refractivity contribution >= 4 is 11.6 Å². The van der Waals surface area contributed by atoms with Crippen LogP contribution in [-0.2, 0) is 15.1 Å². The van der Waals surface area contributed by atoms with E-state index < -0.39 is 0 Å². The average Bonchev–Trinajstić information content (AvgIpc) is 3.33. The van der Waals surface area contributed by atoms with Crippen molar-refractivity contribution in [3.8, 4) is 0 Å². The van der Waals surface area contributed by atoms with Crippen LogP contribution in [0.4, 0.5) is 0 Å². The van der Waals surface area contributed by atoms with Crippen molar-refractivity contribution in [2.24, 2.45) is 44.8 Å². The molecule has 5 aliphatic rings. The Labute approximate surface area is 216 Å². The van der Waals surface area contributed by atoms with Crippen molar-refractivity contribution < 1.29 is 9.59 Å². The highest BCUT2D eigenvalue weighted by Gasteiger charge is 2.70. The first kappa shape index (κ1) is 24.5. The fourth-order valence-corrected chi connectivity index (χ4v) is 10.5. The molecule has 196 valence electrons. The van der Waals surface area contributed by atoms with E-state index >= 15 is 0 Å². The van der Waals surface area contributed by atoms with Gasteiger partial charge >= 0.3 is 0 Å². The van der Waals surface area contributed by atoms with Crippen LogP contribution in [0.25, 0.3) is 0 Å². The predicted octanol–water partition coefficient (Wildman–Crippen LogP) is 5.93. The number of aromatic nitrogens is 4. The number of ketones is 2. The largest absolute Gasteiger partial charge is 0.299 e. The van der Waals surface area contributed by atoms with Gasteiger partial charge in [0.2, 0.25) is 0 Å². The summed E-state index contributed by atoms with van der Waals surface area (Å²) in [6, 6.07) is 0. The number of hydrogen-bond donors (Lipinski definition) is 0. The Morgan fingerprint density at radius 1 is 0.917 bits per heavy atom. The summed E-state index contributed by atoms with van der Waals surface area (Å²) < 4.78 is 2.02. The Kier molecular flexibility index (Phi) is 4.87. The summed E-state index contributed by atoms with van der Waals surface area (Å²) >= 11 is 0. The van der Waals surface area contributed by atoms with E-state index in [1.165, 1.54) is 5.57 Å². The standard InChI is InChI=1S/C30H44N4O2/c1-25(2)12-14-30(34-18-31-32-33-34)15-13-29(7)24(19(30)17-25)20(35)16-22-27(5)10-9-23(36)26(3,4)21(27)8-11-28(22,29)6/h16,18-19,21,24H,8-15,17H2,1-7H3/t19-,21-,24-,27-,28+,29+,30-/m0/s1. The maximum atomic E-state index is 14.4. The third-order valence-electron chi connectivity index (χ3n) is 12.9. The fraction of sp³-hybridized carbons (Fsp3) is 0.833. The number of tetrazole rings is 1. The molecule has 5 aliphatic carbocycles. The van der Waals surface area contributed by atoms with Crippen LogP contribution >= 0.6 is 0 Å². The van der Waals surface area contributed by atoms with Gasteiger partial charge in [0, 0.05) is 17.8 Å². The summed E-state index contributed by atoms with van der Waals surface area (Å²) in [6.07, 6.45) is 12.7. The molecule has 4 fully saturated rings.